The second kappa shape index (κ2) is 5.96. The Morgan fingerprint density at radius 3 is 2.83 bits per heavy atom. The topological polar surface area (TPSA) is 62.2 Å². The van der Waals surface area contributed by atoms with Gasteiger partial charge in [0, 0.05) is 18.1 Å². The molecule has 0 radical (unpaired) electrons. The van der Waals surface area contributed by atoms with Crippen molar-refractivity contribution in [1.29, 1.82) is 0 Å². The summed E-state index contributed by atoms with van der Waals surface area (Å²) >= 11 is 1.29. The van der Waals surface area contributed by atoms with Crippen LogP contribution in [0, 0.1) is 11.8 Å². The summed E-state index contributed by atoms with van der Waals surface area (Å²) in [7, 11) is 0. The number of aliphatic hydroxyl groups is 1. The molecule has 0 aliphatic heterocycles. The quantitative estimate of drug-likeness (QED) is 0.806. The van der Waals surface area contributed by atoms with Crippen LogP contribution in [0.2, 0.25) is 0 Å². The van der Waals surface area contributed by atoms with E-state index in [2.05, 4.69) is 22.1 Å². The highest BCUT2D eigenvalue weighted by Crippen LogP contribution is 2.17. The predicted octanol–water partition coefficient (Wildman–Crippen LogP) is 1.74. The predicted molar refractivity (Wildman–Crippen MR) is 70.5 cm³/mol. The lowest BCUT2D eigenvalue weighted by Crippen LogP contribution is -2.09. The van der Waals surface area contributed by atoms with Gasteiger partial charge in [-0.25, -0.2) is 0 Å². The summed E-state index contributed by atoms with van der Waals surface area (Å²) in [6.45, 7) is -0.184. The summed E-state index contributed by atoms with van der Waals surface area (Å²) in [5, 5.41) is 11.3. The molecule has 1 amide bonds. The minimum absolute atomic E-state index is 0.178. The number of carbonyl (C=O) groups excluding carboxylic acids is 1. The number of hydrogen-bond donors (Lipinski definition) is 2. The van der Waals surface area contributed by atoms with E-state index in [-0.39, 0.29) is 12.5 Å². The molecule has 2 N–H and O–H groups in total. The fourth-order valence-electron chi connectivity index (χ4n) is 1.28. The van der Waals surface area contributed by atoms with E-state index in [1.165, 1.54) is 11.3 Å². The van der Waals surface area contributed by atoms with E-state index in [0.29, 0.717) is 10.6 Å². The van der Waals surface area contributed by atoms with Gasteiger partial charge in [-0.15, -0.1) is 11.3 Å². The third kappa shape index (κ3) is 3.17. The molecule has 0 unspecified atom stereocenters. The smallest absolute Gasteiger partial charge is 0.265 e. The number of aromatic nitrogens is 1. The Bertz CT molecular complexity index is 596. The van der Waals surface area contributed by atoms with Gasteiger partial charge < -0.3 is 10.4 Å². The van der Waals surface area contributed by atoms with Crippen molar-refractivity contribution in [1.82, 2.24) is 4.98 Å². The van der Waals surface area contributed by atoms with Crippen LogP contribution in [0.1, 0.15) is 14.5 Å². The molecule has 0 spiro atoms. The summed E-state index contributed by atoms with van der Waals surface area (Å²) < 4.78 is 0. The first-order valence-electron chi connectivity index (χ1n) is 5.20. The summed E-state index contributed by atoms with van der Waals surface area (Å²) in [6, 6.07) is 6.91. The Morgan fingerprint density at radius 1 is 1.33 bits per heavy atom. The average Bonchev–Trinajstić information content (AvgIpc) is 2.86. The van der Waals surface area contributed by atoms with Crippen molar-refractivity contribution in [3.8, 4) is 11.8 Å². The molecular weight excluding hydrogens is 248 g/mol. The normalized spacial score (nSPS) is 9.39. The zero-order valence-electron chi connectivity index (χ0n) is 9.38. The lowest BCUT2D eigenvalue weighted by atomic mass is 10.3. The number of carbonyl (C=O) groups is 1. The number of aliphatic hydroxyl groups excluding tert-OH is 1. The maximum atomic E-state index is 11.9. The zero-order chi connectivity index (χ0) is 12.8. The van der Waals surface area contributed by atoms with Crippen LogP contribution in [0.25, 0.3) is 0 Å². The Kier molecular flexibility index (Phi) is 4.07. The minimum atomic E-state index is -0.184. The van der Waals surface area contributed by atoms with E-state index < -0.39 is 0 Å². The molecule has 90 valence electrons. The Morgan fingerprint density at radius 2 is 2.11 bits per heavy atom. The number of pyridine rings is 1. The summed E-state index contributed by atoms with van der Waals surface area (Å²) in [5.74, 6) is 5.13. The van der Waals surface area contributed by atoms with Gasteiger partial charge in [-0.05, 0) is 24.3 Å². The van der Waals surface area contributed by atoms with Gasteiger partial charge in [-0.3, -0.25) is 9.78 Å². The van der Waals surface area contributed by atoms with Crippen molar-refractivity contribution in [2.45, 2.75) is 0 Å². The van der Waals surface area contributed by atoms with Crippen LogP contribution in [0.15, 0.2) is 36.7 Å². The van der Waals surface area contributed by atoms with Crippen molar-refractivity contribution >= 4 is 22.9 Å². The van der Waals surface area contributed by atoms with E-state index in [1.54, 1.807) is 36.7 Å². The molecule has 0 saturated heterocycles. The number of rotatable bonds is 2. The Balaban J connectivity index is 2.08. The lowest BCUT2D eigenvalue weighted by Gasteiger charge is -2.01. The third-order valence-corrected chi connectivity index (χ3v) is 3.06. The molecule has 0 atom stereocenters. The molecule has 2 aromatic heterocycles. The fourth-order valence-corrected chi connectivity index (χ4v) is 2.06. The van der Waals surface area contributed by atoms with Crippen LogP contribution in [0.5, 0.6) is 0 Å². The SMILES string of the molecule is O=C(Nc1ccncc1)c1ccc(C#CCO)s1. The maximum Gasteiger partial charge on any atom is 0.265 e. The number of anilines is 1. The molecule has 5 heteroatoms. The number of hydrogen-bond acceptors (Lipinski definition) is 4. The molecule has 0 saturated carbocycles. The van der Waals surface area contributed by atoms with Gasteiger partial charge in [0.2, 0.25) is 0 Å². The molecular formula is C13H10N2O2S. The molecule has 0 fully saturated rings. The second-order valence-corrected chi connectivity index (χ2v) is 4.40. The zero-order valence-corrected chi connectivity index (χ0v) is 10.2. The molecule has 0 aromatic carbocycles. The number of nitrogens with one attached hydrogen (secondary N) is 1. The van der Waals surface area contributed by atoms with E-state index in [1.807, 2.05) is 0 Å². The first kappa shape index (κ1) is 12.3. The Labute approximate surface area is 108 Å². The number of thiophene rings is 1. The number of amides is 1. The molecule has 0 aliphatic carbocycles. The van der Waals surface area contributed by atoms with Gasteiger partial charge in [-0.2, -0.15) is 0 Å². The minimum Gasteiger partial charge on any atom is -0.384 e. The van der Waals surface area contributed by atoms with Crippen molar-refractivity contribution in [3.05, 3.63) is 46.4 Å². The van der Waals surface area contributed by atoms with Gasteiger partial charge in [0.15, 0.2) is 0 Å². The van der Waals surface area contributed by atoms with E-state index >= 15 is 0 Å². The monoisotopic (exact) mass is 258 g/mol. The van der Waals surface area contributed by atoms with Gasteiger partial charge >= 0.3 is 0 Å². The molecule has 2 aromatic rings. The van der Waals surface area contributed by atoms with Crippen molar-refractivity contribution in [2.75, 3.05) is 11.9 Å². The molecule has 4 nitrogen and oxygen atoms in total. The lowest BCUT2D eigenvalue weighted by molar-refractivity contribution is 0.103. The highest BCUT2D eigenvalue weighted by molar-refractivity contribution is 7.14. The first-order valence-corrected chi connectivity index (χ1v) is 6.02. The number of nitrogens with zero attached hydrogens (tertiary/aromatic N) is 1. The highest BCUT2D eigenvalue weighted by Gasteiger charge is 2.08. The molecule has 0 bridgehead atoms. The van der Waals surface area contributed by atoms with Gasteiger partial charge in [0.25, 0.3) is 5.91 Å². The second-order valence-electron chi connectivity index (χ2n) is 3.31. The standard InChI is InChI=1S/C13H10N2O2S/c16-9-1-2-11-3-4-12(18-11)13(17)15-10-5-7-14-8-6-10/h3-8,16H,9H2,(H,14,15,17). The van der Waals surface area contributed by atoms with Gasteiger partial charge in [-0.1, -0.05) is 11.8 Å². The molecule has 2 heterocycles. The van der Waals surface area contributed by atoms with Crippen LogP contribution in [0.4, 0.5) is 5.69 Å². The van der Waals surface area contributed by atoms with Crippen LogP contribution in [-0.2, 0) is 0 Å². The van der Waals surface area contributed by atoms with Crippen molar-refractivity contribution in [2.24, 2.45) is 0 Å². The van der Waals surface area contributed by atoms with Crippen LogP contribution >= 0.6 is 11.3 Å². The van der Waals surface area contributed by atoms with Crippen molar-refractivity contribution < 1.29 is 9.90 Å². The molecule has 2 rings (SSSR count). The fraction of sp³-hybridized carbons (Fsp3) is 0.0769. The van der Waals surface area contributed by atoms with E-state index in [9.17, 15) is 4.79 Å². The largest absolute Gasteiger partial charge is 0.384 e. The first-order chi connectivity index (χ1) is 8.79. The summed E-state index contributed by atoms with van der Waals surface area (Å²) in [5.41, 5.74) is 0.700. The highest BCUT2D eigenvalue weighted by atomic mass is 32.1. The van der Waals surface area contributed by atoms with Crippen molar-refractivity contribution in [3.63, 3.8) is 0 Å². The summed E-state index contributed by atoms with van der Waals surface area (Å²) in [4.78, 5) is 17.1. The van der Waals surface area contributed by atoms with Gasteiger partial charge in [0.05, 0.1) is 9.75 Å². The van der Waals surface area contributed by atoms with Gasteiger partial charge in [0.1, 0.15) is 6.61 Å². The molecule has 18 heavy (non-hydrogen) atoms. The maximum absolute atomic E-state index is 11.9. The average molecular weight is 258 g/mol. The van der Waals surface area contributed by atoms with Crippen LogP contribution in [0.3, 0.4) is 0 Å². The van der Waals surface area contributed by atoms with Crippen LogP contribution in [-0.4, -0.2) is 22.6 Å². The van der Waals surface area contributed by atoms with E-state index in [0.717, 1.165) is 4.88 Å². The third-order valence-electron chi connectivity index (χ3n) is 2.06. The van der Waals surface area contributed by atoms with Crippen LogP contribution < -0.4 is 5.32 Å². The van der Waals surface area contributed by atoms with E-state index in [4.69, 9.17) is 5.11 Å². The summed E-state index contributed by atoms with van der Waals surface area (Å²) in [6.07, 6.45) is 3.23. The molecule has 0 aliphatic rings. The Hall–Kier alpha value is -2.16.